The average Bonchev–Trinajstić information content (AvgIpc) is 3.17. The Labute approximate surface area is 147 Å². The molecular weight excluding hydrogens is 342 g/mol. The number of hydrogen-bond donors (Lipinski definition) is 3. The summed E-state index contributed by atoms with van der Waals surface area (Å²) in [5.74, 6) is 0.00255. The first kappa shape index (κ1) is 17.7. The second-order valence-corrected chi connectivity index (χ2v) is 8.96. The molecule has 1 atom stereocenters. The van der Waals surface area contributed by atoms with E-state index in [1.807, 2.05) is 0 Å². The van der Waals surface area contributed by atoms with Gasteiger partial charge in [0.05, 0.1) is 11.5 Å². The van der Waals surface area contributed by atoms with Crippen LogP contribution in [0.3, 0.4) is 0 Å². The molecule has 8 heteroatoms. The summed E-state index contributed by atoms with van der Waals surface area (Å²) in [6.07, 6.45) is 4.82. The molecule has 1 saturated heterocycles. The van der Waals surface area contributed by atoms with Gasteiger partial charge in [0.1, 0.15) is 0 Å². The van der Waals surface area contributed by atoms with Gasteiger partial charge in [0.25, 0.3) is 5.91 Å². The van der Waals surface area contributed by atoms with E-state index in [0.29, 0.717) is 17.7 Å². The summed E-state index contributed by atoms with van der Waals surface area (Å²) in [4.78, 5) is 24.1. The molecule has 3 rings (SSSR count). The summed E-state index contributed by atoms with van der Waals surface area (Å²) in [6.45, 7) is 0. The fraction of sp³-hybridized carbons (Fsp3) is 0.529. The second kappa shape index (κ2) is 7.43. The quantitative estimate of drug-likeness (QED) is 0.755. The number of urea groups is 1. The molecule has 3 N–H and O–H groups in total. The molecule has 136 valence electrons. The van der Waals surface area contributed by atoms with Crippen LogP contribution < -0.4 is 16.0 Å². The molecule has 1 unspecified atom stereocenters. The van der Waals surface area contributed by atoms with Crippen LogP contribution in [-0.2, 0) is 9.84 Å². The van der Waals surface area contributed by atoms with E-state index < -0.39 is 15.9 Å². The lowest BCUT2D eigenvalue weighted by atomic mass is 10.1. The van der Waals surface area contributed by atoms with Crippen molar-refractivity contribution in [1.82, 2.24) is 10.6 Å². The lowest BCUT2D eigenvalue weighted by Crippen LogP contribution is -2.38. The zero-order valence-corrected chi connectivity index (χ0v) is 14.8. The molecule has 2 aliphatic rings. The molecule has 7 nitrogen and oxygen atoms in total. The Morgan fingerprint density at radius 3 is 2.20 bits per heavy atom. The van der Waals surface area contributed by atoms with Gasteiger partial charge in [-0.25, -0.2) is 13.2 Å². The predicted molar refractivity (Wildman–Crippen MR) is 95.4 cm³/mol. The molecule has 0 bridgehead atoms. The Hall–Kier alpha value is -2.09. The number of carbonyl (C=O) groups excluding carboxylic acids is 2. The molecule has 2 fully saturated rings. The number of sulfone groups is 1. The van der Waals surface area contributed by atoms with Gasteiger partial charge < -0.3 is 16.0 Å². The molecular formula is C17H23N3O4S. The van der Waals surface area contributed by atoms with Crippen LogP contribution in [0.15, 0.2) is 24.3 Å². The molecule has 1 aliphatic heterocycles. The molecule has 1 heterocycles. The van der Waals surface area contributed by atoms with Gasteiger partial charge in [-0.3, -0.25) is 4.79 Å². The summed E-state index contributed by atoms with van der Waals surface area (Å²) in [5, 5.41) is 8.33. The smallest absolute Gasteiger partial charge is 0.319 e. The minimum absolute atomic E-state index is 0.0132. The average molecular weight is 365 g/mol. The summed E-state index contributed by atoms with van der Waals surface area (Å²) < 4.78 is 22.8. The minimum atomic E-state index is -3.03. The number of carbonyl (C=O) groups is 2. The normalized spacial score (nSPS) is 22.5. The van der Waals surface area contributed by atoms with Crippen molar-refractivity contribution in [3.05, 3.63) is 29.8 Å². The van der Waals surface area contributed by atoms with Crippen LogP contribution in [0.1, 0.15) is 42.5 Å². The summed E-state index contributed by atoms with van der Waals surface area (Å²) in [6, 6.07) is 6.13. The van der Waals surface area contributed by atoms with Crippen molar-refractivity contribution in [3.63, 3.8) is 0 Å². The van der Waals surface area contributed by atoms with Crippen molar-refractivity contribution in [2.45, 2.75) is 44.2 Å². The van der Waals surface area contributed by atoms with Gasteiger partial charge in [0.15, 0.2) is 9.84 Å². The standard InChI is InChI=1S/C17H23N3O4S/c21-16(18-13-3-1-2-4-13)12-5-7-14(8-6-12)19-17(22)20-15-9-10-25(23,24)11-15/h5-8,13,15H,1-4,9-11H2,(H,18,21)(H2,19,20,22). The highest BCUT2D eigenvalue weighted by molar-refractivity contribution is 7.91. The summed E-state index contributed by atoms with van der Waals surface area (Å²) in [5.41, 5.74) is 1.11. The fourth-order valence-electron chi connectivity index (χ4n) is 3.31. The first-order chi connectivity index (χ1) is 11.9. The topological polar surface area (TPSA) is 104 Å². The largest absolute Gasteiger partial charge is 0.349 e. The van der Waals surface area contributed by atoms with Crippen LogP contribution in [0.4, 0.5) is 10.5 Å². The number of rotatable bonds is 4. The first-order valence-electron chi connectivity index (χ1n) is 8.60. The maximum Gasteiger partial charge on any atom is 0.319 e. The van der Waals surface area contributed by atoms with E-state index in [9.17, 15) is 18.0 Å². The van der Waals surface area contributed by atoms with Crippen molar-refractivity contribution in [3.8, 4) is 0 Å². The van der Waals surface area contributed by atoms with Crippen molar-refractivity contribution >= 4 is 27.5 Å². The molecule has 0 spiro atoms. The SMILES string of the molecule is O=C(Nc1ccc(C(=O)NC2CCCC2)cc1)NC1CCS(=O)(=O)C1. The highest BCUT2D eigenvalue weighted by Gasteiger charge is 2.28. The molecule has 0 radical (unpaired) electrons. The van der Waals surface area contributed by atoms with E-state index in [1.54, 1.807) is 24.3 Å². The number of amides is 3. The van der Waals surface area contributed by atoms with Gasteiger partial charge >= 0.3 is 6.03 Å². The van der Waals surface area contributed by atoms with E-state index in [-0.39, 0.29) is 29.5 Å². The summed E-state index contributed by atoms with van der Waals surface area (Å²) >= 11 is 0. The van der Waals surface area contributed by atoms with Crippen molar-refractivity contribution in [2.24, 2.45) is 0 Å². The van der Waals surface area contributed by atoms with Gasteiger partial charge in [-0.1, -0.05) is 12.8 Å². The Morgan fingerprint density at radius 2 is 1.60 bits per heavy atom. The van der Waals surface area contributed by atoms with Crippen molar-refractivity contribution in [1.29, 1.82) is 0 Å². The maximum atomic E-state index is 12.2. The molecule has 0 aromatic heterocycles. The number of hydrogen-bond acceptors (Lipinski definition) is 4. The third-order valence-electron chi connectivity index (χ3n) is 4.66. The summed E-state index contributed by atoms with van der Waals surface area (Å²) in [7, 11) is -3.03. The van der Waals surface area contributed by atoms with E-state index >= 15 is 0 Å². The molecule has 1 aliphatic carbocycles. The number of nitrogens with one attached hydrogen (secondary N) is 3. The Morgan fingerprint density at radius 1 is 0.920 bits per heavy atom. The monoisotopic (exact) mass is 365 g/mol. The lowest BCUT2D eigenvalue weighted by molar-refractivity contribution is 0.0938. The maximum absolute atomic E-state index is 12.2. The van der Waals surface area contributed by atoms with E-state index in [2.05, 4.69) is 16.0 Å². The minimum Gasteiger partial charge on any atom is -0.349 e. The zero-order valence-electron chi connectivity index (χ0n) is 14.0. The zero-order chi connectivity index (χ0) is 17.9. The highest BCUT2D eigenvalue weighted by atomic mass is 32.2. The molecule has 1 saturated carbocycles. The Kier molecular flexibility index (Phi) is 5.27. The molecule has 25 heavy (non-hydrogen) atoms. The van der Waals surface area contributed by atoms with Crippen LogP contribution in [-0.4, -0.2) is 43.9 Å². The van der Waals surface area contributed by atoms with E-state index in [0.717, 1.165) is 25.7 Å². The number of benzene rings is 1. The third-order valence-corrected chi connectivity index (χ3v) is 6.43. The van der Waals surface area contributed by atoms with Crippen LogP contribution in [0.25, 0.3) is 0 Å². The molecule has 1 aromatic rings. The first-order valence-corrected chi connectivity index (χ1v) is 10.4. The van der Waals surface area contributed by atoms with Crippen molar-refractivity contribution in [2.75, 3.05) is 16.8 Å². The van der Waals surface area contributed by atoms with E-state index in [4.69, 9.17) is 0 Å². The third kappa shape index (κ3) is 4.94. The highest BCUT2D eigenvalue weighted by Crippen LogP contribution is 2.18. The second-order valence-electron chi connectivity index (χ2n) is 6.73. The lowest BCUT2D eigenvalue weighted by Gasteiger charge is -2.13. The van der Waals surface area contributed by atoms with E-state index in [1.165, 1.54) is 0 Å². The van der Waals surface area contributed by atoms with Crippen LogP contribution in [0.2, 0.25) is 0 Å². The van der Waals surface area contributed by atoms with Gasteiger partial charge in [0, 0.05) is 23.3 Å². The fourth-order valence-corrected chi connectivity index (χ4v) is 4.98. The van der Waals surface area contributed by atoms with Crippen LogP contribution in [0.5, 0.6) is 0 Å². The molecule has 3 amide bonds. The van der Waals surface area contributed by atoms with Crippen LogP contribution >= 0.6 is 0 Å². The Balaban J connectivity index is 1.50. The van der Waals surface area contributed by atoms with Crippen LogP contribution in [0, 0.1) is 0 Å². The number of anilines is 1. The van der Waals surface area contributed by atoms with Crippen molar-refractivity contribution < 1.29 is 18.0 Å². The Bertz CT molecular complexity index is 740. The van der Waals surface area contributed by atoms with Gasteiger partial charge in [0.2, 0.25) is 0 Å². The van der Waals surface area contributed by atoms with Gasteiger partial charge in [-0.2, -0.15) is 0 Å². The van der Waals surface area contributed by atoms with Gasteiger partial charge in [-0.15, -0.1) is 0 Å². The predicted octanol–water partition coefficient (Wildman–Crippen LogP) is 1.67. The molecule has 1 aromatic carbocycles. The van der Waals surface area contributed by atoms with Gasteiger partial charge in [-0.05, 0) is 43.5 Å².